The number of anilines is 2. The van der Waals surface area contributed by atoms with Gasteiger partial charge in [-0.05, 0) is 58.5 Å². The van der Waals surface area contributed by atoms with Gasteiger partial charge in [0.2, 0.25) is 5.95 Å². The van der Waals surface area contributed by atoms with Gasteiger partial charge >= 0.3 is 0 Å². The van der Waals surface area contributed by atoms with Crippen molar-refractivity contribution >= 4 is 22.7 Å². The van der Waals surface area contributed by atoms with Crippen molar-refractivity contribution in [2.24, 2.45) is 0 Å². The summed E-state index contributed by atoms with van der Waals surface area (Å²) in [6, 6.07) is 8.38. The fourth-order valence-corrected chi connectivity index (χ4v) is 3.42. The topological polar surface area (TPSA) is 44.3 Å². The number of aromatic nitrogens is 2. The first-order valence-corrected chi connectivity index (χ1v) is 9.64. The van der Waals surface area contributed by atoms with E-state index >= 15 is 0 Å². The van der Waals surface area contributed by atoms with Gasteiger partial charge in [0.05, 0.1) is 5.52 Å². The van der Waals surface area contributed by atoms with Gasteiger partial charge in [0.15, 0.2) is 0 Å². The monoisotopic (exact) mass is 341 g/mol. The third kappa shape index (κ3) is 5.05. The van der Waals surface area contributed by atoms with E-state index in [4.69, 9.17) is 9.97 Å². The molecule has 1 saturated heterocycles. The van der Waals surface area contributed by atoms with Crippen molar-refractivity contribution in [1.29, 1.82) is 0 Å². The average molecular weight is 342 g/mol. The standard InChI is InChI=1S/C20H31N5/c1-24(2)14-10-7-13-21-20-22-18-12-6-5-11-17(18)19(23-20)25-15-8-3-4-9-16-25/h5-6,11-12H,3-4,7-10,13-16H2,1-2H3,(H,21,22,23). The summed E-state index contributed by atoms with van der Waals surface area (Å²) in [6.45, 7) is 4.25. The van der Waals surface area contributed by atoms with Crippen molar-refractivity contribution < 1.29 is 0 Å². The number of fused-ring (bicyclic) bond motifs is 1. The first-order chi connectivity index (χ1) is 12.2. The molecule has 0 radical (unpaired) electrons. The molecule has 2 heterocycles. The molecule has 25 heavy (non-hydrogen) atoms. The first kappa shape index (κ1) is 17.9. The Morgan fingerprint density at radius 1 is 1.00 bits per heavy atom. The van der Waals surface area contributed by atoms with Crippen LogP contribution in [0.2, 0.25) is 0 Å². The predicted molar refractivity (Wildman–Crippen MR) is 106 cm³/mol. The molecule has 0 spiro atoms. The molecule has 5 heteroatoms. The van der Waals surface area contributed by atoms with Crippen LogP contribution in [0.25, 0.3) is 10.9 Å². The van der Waals surface area contributed by atoms with Crippen molar-refractivity contribution in [2.45, 2.75) is 38.5 Å². The summed E-state index contributed by atoms with van der Waals surface area (Å²) in [5, 5.41) is 4.61. The molecule has 2 aromatic rings. The minimum Gasteiger partial charge on any atom is -0.356 e. The van der Waals surface area contributed by atoms with Crippen LogP contribution in [-0.4, -0.2) is 55.1 Å². The molecule has 136 valence electrons. The quantitative estimate of drug-likeness (QED) is 0.777. The lowest BCUT2D eigenvalue weighted by Crippen LogP contribution is -2.25. The summed E-state index contributed by atoms with van der Waals surface area (Å²) in [4.78, 5) is 14.3. The Labute approximate surface area is 151 Å². The molecule has 3 rings (SSSR count). The highest BCUT2D eigenvalue weighted by atomic mass is 15.2. The highest BCUT2D eigenvalue weighted by molar-refractivity contribution is 5.90. The number of nitrogens with zero attached hydrogens (tertiary/aromatic N) is 4. The SMILES string of the molecule is CN(C)CCCCNc1nc(N2CCCCCC2)c2ccccc2n1. The van der Waals surface area contributed by atoms with Gasteiger partial charge in [0, 0.05) is 25.0 Å². The average Bonchev–Trinajstić information content (AvgIpc) is 2.90. The summed E-state index contributed by atoms with van der Waals surface area (Å²) in [5.41, 5.74) is 1.03. The lowest BCUT2D eigenvalue weighted by molar-refractivity contribution is 0.396. The summed E-state index contributed by atoms with van der Waals surface area (Å²) >= 11 is 0. The molecular formula is C20H31N5. The maximum absolute atomic E-state index is 4.89. The Hall–Kier alpha value is -1.88. The van der Waals surface area contributed by atoms with Crippen LogP contribution in [0.3, 0.4) is 0 Å². The van der Waals surface area contributed by atoms with E-state index in [9.17, 15) is 0 Å². The minimum atomic E-state index is 0.766. The van der Waals surface area contributed by atoms with Gasteiger partial charge in [-0.3, -0.25) is 0 Å². The molecule has 0 amide bonds. The van der Waals surface area contributed by atoms with E-state index in [0.29, 0.717) is 0 Å². The zero-order chi connectivity index (χ0) is 17.5. The zero-order valence-electron chi connectivity index (χ0n) is 15.7. The molecule has 0 saturated carbocycles. The molecule has 1 aliphatic rings. The second kappa shape index (κ2) is 8.99. The van der Waals surface area contributed by atoms with Gasteiger partial charge in [-0.25, -0.2) is 4.98 Å². The van der Waals surface area contributed by atoms with Gasteiger partial charge in [0.1, 0.15) is 5.82 Å². The van der Waals surface area contributed by atoms with Crippen LogP contribution < -0.4 is 10.2 Å². The third-order valence-electron chi connectivity index (χ3n) is 4.80. The highest BCUT2D eigenvalue weighted by Crippen LogP contribution is 2.27. The van der Waals surface area contributed by atoms with Crippen LogP contribution in [0.4, 0.5) is 11.8 Å². The molecular weight excluding hydrogens is 310 g/mol. The fraction of sp³-hybridized carbons (Fsp3) is 0.600. The van der Waals surface area contributed by atoms with E-state index in [1.54, 1.807) is 0 Å². The number of rotatable bonds is 7. The van der Waals surface area contributed by atoms with Crippen LogP contribution in [0.5, 0.6) is 0 Å². The summed E-state index contributed by atoms with van der Waals surface area (Å²) in [6.07, 6.45) is 7.49. The Bertz CT molecular complexity index is 662. The number of para-hydroxylation sites is 1. The van der Waals surface area contributed by atoms with Crippen molar-refractivity contribution in [3.05, 3.63) is 24.3 Å². The van der Waals surface area contributed by atoms with Crippen molar-refractivity contribution in [3.8, 4) is 0 Å². The molecule has 5 nitrogen and oxygen atoms in total. The van der Waals surface area contributed by atoms with E-state index in [1.165, 1.54) is 37.5 Å². The summed E-state index contributed by atoms with van der Waals surface area (Å²) in [5.74, 6) is 1.87. The Morgan fingerprint density at radius 3 is 2.52 bits per heavy atom. The largest absolute Gasteiger partial charge is 0.356 e. The van der Waals surface area contributed by atoms with Crippen molar-refractivity contribution in [1.82, 2.24) is 14.9 Å². The van der Waals surface area contributed by atoms with Gasteiger partial charge in [-0.1, -0.05) is 25.0 Å². The Balaban J connectivity index is 1.75. The van der Waals surface area contributed by atoms with E-state index in [0.717, 1.165) is 49.9 Å². The molecule has 1 N–H and O–H groups in total. The van der Waals surface area contributed by atoms with Crippen LogP contribution in [0.15, 0.2) is 24.3 Å². The number of hydrogen-bond acceptors (Lipinski definition) is 5. The second-order valence-corrected chi connectivity index (χ2v) is 7.23. The van der Waals surface area contributed by atoms with Crippen LogP contribution in [0.1, 0.15) is 38.5 Å². The van der Waals surface area contributed by atoms with Crippen molar-refractivity contribution in [2.75, 3.05) is 50.5 Å². The smallest absolute Gasteiger partial charge is 0.225 e. The molecule has 1 fully saturated rings. The van der Waals surface area contributed by atoms with Gasteiger partial charge in [-0.2, -0.15) is 4.98 Å². The number of nitrogens with one attached hydrogen (secondary N) is 1. The third-order valence-corrected chi connectivity index (χ3v) is 4.80. The van der Waals surface area contributed by atoms with Gasteiger partial charge < -0.3 is 15.1 Å². The normalized spacial score (nSPS) is 15.6. The number of unbranched alkanes of at least 4 members (excludes halogenated alkanes) is 1. The Kier molecular flexibility index (Phi) is 6.45. The zero-order valence-corrected chi connectivity index (χ0v) is 15.7. The van der Waals surface area contributed by atoms with Crippen molar-refractivity contribution in [3.63, 3.8) is 0 Å². The van der Waals surface area contributed by atoms with E-state index in [-0.39, 0.29) is 0 Å². The van der Waals surface area contributed by atoms with Gasteiger partial charge in [-0.15, -0.1) is 0 Å². The Morgan fingerprint density at radius 2 is 1.76 bits per heavy atom. The van der Waals surface area contributed by atoms with E-state index in [1.807, 2.05) is 0 Å². The van der Waals surface area contributed by atoms with E-state index < -0.39 is 0 Å². The molecule has 0 unspecified atom stereocenters. The number of benzene rings is 1. The lowest BCUT2D eigenvalue weighted by Gasteiger charge is -2.23. The molecule has 0 bridgehead atoms. The van der Waals surface area contributed by atoms with Crippen LogP contribution >= 0.6 is 0 Å². The highest BCUT2D eigenvalue weighted by Gasteiger charge is 2.16. The molecule has 1 aromatic heterocycles. The molecule has 1 aliphatic heterocycles. The first-order valence-electron chi connectivity index (χ1n) is 9.64. The lowest BCUT2D eigenvalue weighted by atomic mass is 10.2. The molecule has 1 aromatic carbocycles. The maximum Gasteiger partial charge on any atom is 0.225 e. The summed E-state index contributed by atoms with van der Waals surface area (Å²) in [7, 11) is 4.24. The maximum atomic E-state index is 4.89. The second-order valence-electron chi connectivity index (χ2n) is 7.23. The predicted octanol–water partition coefficient (Wildman–Crippen LogP) is 3.76. The van der Waals surface area contributed by atoms with Crippen LogP contribution in [-0.2, 0) is 0 Å². The summed E-state index contributed by atoms with van der Waals surface area (Å²) < 4.78 is 0. The van der Waals surface area contributed by atoms with Gasteiger partial charge in [0.25, 0.3) is 0 Å². The van der Waals surface area contributed by atoms with Crippen LogP contribution in [0, 0.1) is 0 Å². The molecule has 0 aliphatic carbocycles. The number of hydrogen-bond donors (Lipinski definition) is 1. The minimum absolute atomic E-state index is 0.766. The molecule has 0 atom stereocenters. The fourth-order valence-electron chi connectivity index (χ4n) is 3.42. The van der Waals surface area contributed by atoms with E-state index in [2.05, 4.69) is 53.5 Å².